The average Bonchev–Trinajstić information content (AvgIpc) is 2.28. The first-order valence-corrected chi connectivity index (χ1v) is 5.80. The molecule has 0 unspecified atom stereocenters. The van der Waals surface area contributed by atoms with Crippen molar-refractivity contribution in [1.82, 2.24) is 10.2 Å². The number of benzene rings is 1. The third kappa shape index (κ3) is 4.55. The van der Waals surface area contributed by atoms with E-state index in [2.05, 4.69) is 10.6 Å². The van der Waals surface area contributed by atoms with E-state index < -0.39 is 0 Å². The van der Waals surface area contributed by atoms with Gasteiger partial charge in [0.05, 0.1) is 5.69 Å². The van der Waals surface area contributed by atoms with Crippen LogP contribution in [0.5, 0.6) is 0 Å². The van der Waals surface area contributed by atoms with Crippen molar-refractivity contribution in [2.24, 2.45) is 0 Å². The van der Waals surface area contributed by atoms with E-state index in [0.29, 0.717) is 17.8 Å². The quantitative estimate of drug-likeness (QED) is 0.779. The molecule has 1 aromatic carbocycles. The Morgan fingerprint density at radius 1 is 1.22 bits per heavy atom. The van der Waals surface area contributed by atoms with Gasteiger partial charge in [0.2, 0.25) is 0 Å². The van der Waals surface area contributed by atoms with Gasteiger partial charge in [0, 0.05) is 18.7 Å². The van der Waals surface area contributed by atoms with Crippen molar-refractivity contribution < 1.29 is 9.59 Å². The smallest absolute Gasteiger partial charge is 0.319 e. The summed E-state index contributed by atoms with van der Waals surface area (Å²) in [6.07, 6.45) is 0. The SMILES string of the molecule is CC(=O)c1ccccc1NC(=O)NCCN(C)C. The number of amides is 2. The molecule has 0 bridgehead atoms. The van der Waals surface area contributed by atoms with Gasteiger partial charge >= 0.3 is 6.03 Å². The second-order valence-corrected chi connectivity index (χ2v) is 4.29. The first-order valence-electron chi connectivity index (χ1n) is 5.80. The van der Waals surface area contributed by atoms with Crippen LogP contribution in [-0.2, 0) is 0 Å². The number of likely N-dealkylation sites (N-methyl/N-ethyl adjacent to an activating group) is 1. The van der Waals surface area contributed by atoms with Crippen LogP contribution in [0.15, 0.2) is 24.3 Å². The largest absolute Gasteiger partial charge is 0.337 e. The summed E-state index contributed by atoms with van der Waals surface area (Å²) in [6, 6.07) is 6.65. The molecule has 0 heterocycles. The molecule has 1 rings (SSSR count). The molecular weight excluding hydrogens is 230 g/mol. The number of carbonyl (C=O) groups excluding carboxylic acids is 2. The van der Waals surface area contributed by atoms with Crippen molar-refractivity contribution in [3.8, 4) is 0 Å². The number of nitrogens with zero attached hydrogens (tertiary/aromatic N) is 1. The van der Waals surface area contributed by atoms with Crippen molar-refractivity contribution >= 4 is 17.5 Å². The highest BCUT2D eigenvalue weighted by Crippen LogP contribution is 2.15. The van der Waals surface area contributed by atoms with Gasteiger partial charge in [0.15, 0.2) is 5.78 Å². The first kappa shape index (κ1) is 14.2. The molecule has 0 aromatic heterocycles. The van der Waals surface area contributed by atoms with Crippen molar-refractivity contribution in [3.05, 3.63) is 29.8 Å². The molecule has 1 aromatic rings. The number of rotatable bonds is 5. The van der Waals surface area contributed by atoms with E-state index in [1.54, 1.807) is 24.3 Å². The van der Waals surface area contributed by atoms with Gasteiger partial charge in [-0.05, 0) is 33.2 Å². The Kier molecular flexibility index (Phi) is 5.32. The van der Waals surface area contributed by atoms with Gasteiger partial charge in [-0.2, -0.15) is 0 Å². The highest BCUT2D eigenvalue weighted by atomic mass is 16.2. The molecule has 98 valence electrons. The summed E-state index contributed by atoms with van der Waals surface area (Å²) in [5.74, 6) is -0.0702. The van der Waals surface area contributed by atoms with Gasteiger partial charge in [0.1, 0.15) is 0 Å². The number of anilines is 1. The molecule has 0 aliphatic rings. The van der Waals surface area contributed by atoms with E-state index in [9.17, 15) is 9.59 Å². The Hall–Kier alpha value is -1.88. The van der Waals surface area contributed by atoms with E-state index in [0.717, 1.165) is 6.54 Å². The minimum absolute atomic E-state index is 0.0702. The second-order valence-electron chi connectivity index (χ2n) is 4.29. The molecule has 2 amide bonds. The fraction of sp³-hybridized carbons (Fsp3) is 0.385. The van der Waals surface area contributed by atoms with Gasteiger partial charge in [-0.1, -0.05) is 12.1 Å². The average molecular weight is 249 g/mol. The number of urea groups is 1. The maximum absolute atomic E-state index is 11.6. The summed E-state index contributed by atoms with van der Waals surface area (Å²) >= 11 is 0. The number of hydrogen-bond acceptors (Lipinski definition) is 3. The van der Waals surface area contributed by atoms with E-state index >= 15 is 0 Å². The fourth-order valence-electron chi connectivity index (χ4n) is 1.46. The zero-order valence-corrected chi connectivity index (χ0v) is 11.0. The Morgan fingerprint density at radius 2 is 1.89 bits per heavy atom. The van der Waals surface area contributed by atoms with Crippen LogP contribution in [0.25, 0.3) is 0 Å². The zero-order valence-electron chi connectivity index (χ0n) is 11.0. The standard InChI is InChI=1S/C13H19N3O2/c1-10(17)11-6-4-5-7-12(11)15-13(18)14-8-9-16(2)3/h4-7H,8-9H2,1-3H3,(H2,14,15,18). The molecular formula is C13H19N3O2. The minimum atomic E-state index is -0.300. The second kappa shape index (κ2) is 6.76. The van der Waals surface area contributed by atoms with Crippen LogP contribution < -0.4 is 10.6 Å². The highest BCUT2D eigenvalue weighted by molar-refractivity contribution is 6.03. The van der Waals surface area contributed by atoms with Crippen LogP contribution in [0.4, 0.5) is 10.5 Å². The van der Waals surface area contributed by atoms with Crippen LogP contribution >= 0.6 is 0 Å². The molecule has 18 heavy (non-hydrogen) atoms. The molecule has 0 spiro atoms. The zero-order chi connectivity index (χ0) is 13.5. The van der Waals surface area contributed by atoms with Crippen molar-refractivity contribution in [1.29, 1.82) is 0 Å². The Balaban J connectivity index is 2.56. The third-order valence-corrected chi connectivity index (χ3v) is 2.40. The molecule has 5 nitrogen and oxygen atoms in total. The number of hydrogen-bond donors (Lipinski definition) is 2. The maximum Gasteiger partial charge on any atom is 0.319 e. The molecule has 2 N–H and O–H groups in total. The number of Topliss-reactive ketones (excluding diaryl/α,β-unsaturated/α-hetero) is 1. The van der Waals surface area contributed by atoms with Crippen LogP contribution in [0.2, 0.25) is 0 Å². The molecule has 0 radical (unpaired) electrons. The predicted molar refractivity (Wildman–Crippen MR) is 72.0 cm³/mol. The summed E-state index contributed by atoms with van der Waals surface area (Å²) in [4.78, 5) is 25.0. The normalized spacial score (nSPS) is 10.2. The van der Waals surface area contributed by atoms with Gasteiger partial charge in [-0.15, -0.1) is 0 Å². The topological polar surface area (TPSA) is 61.4 Å². The molecule has 0 fully saturated rings. The number of carbonyl (C=O) groups is 2. The lowest BCUT2D eigenvalue weighted by molar-refractivity contribution is 0.101. The maximum atomic E-state index is 11.6. The molecule has 0 aliphatic heterocycles. The van der Waals surface area contributed by atoms with Gasteiger partial charge in [-0.3, -0.25) is 4.79 Å². The van der Waals surface area contributed by atoms with E-state index in [1.807, 2.05) is 19.0 Å². The Bertz CT molecular complexity index is 430. The minimum Gasteiger partial charge on any atom is -0.337 e. The van der Waals surface area contributed by atoms with Crippen molar-refractivity contribution in [2.45, 2.75) is 6.92 Å². The highest BCUT2D eigenvalue weighted by Gasteiger charge is 2.08. The fourth-order valence-corrected chi connectivity index (χ4v) is 1.46. The predicted octanol–water partition coefficient (Wildman–Crippen LogP) is 1.57. The van der Waals surface area contributed by atoms with Crippen LogP contribution in [0, 0.1) is 0 Å². The number of nitrogens with one attached hydrogen (secondary N) is 2. The molecule has 0 atom stereocenters. The molecule has 0 aliphatic carbocycles. The lowest BCUT2D eigenvalue weighted by Gasteiger charge is -2.12. The van der Waals surface area contributed by atoms with E-state index in [1.165, 1.54) is 6.92 Å². The van der Waals surface area contributed by atoms with Gasteiger partial charge < -0.3 is 15.5 Å². The molecule has 5 heteroatoms. The first-order chi connectivity index (χ1) is 8.50. The lowest BCUT2D eigenvalue weighted by Crippen LogP contribution is -2.34. The summed E-state index contributed by atoms with van der Waals surface area (Å²) in [5.41, 5.74) is 1.05. The van der Waals surface area contributed by atoms with E-state index in [4.69, 9.17) is 0 Å². The molecule has 0 saturated carbocycles. The number of para-hydroxylation sites is 1. The van der Waals surface area contributed by atoms with Crippen LogP contribution in [-0.4, -0.2) is 43.9 Å². The summed E-state index contributed by atoms with van der Waals surface area (Å²) < 4.78 is 0. The summed E-state index contributed by atoms with van der Waals surface area (Å²) in [6.45, 7) is 2.80. The van der Waals surface area contributed by atoms with E-state index in [-0.39, 0.29) is 11.8 Å². The Labute approximate surface area is 107 Å². The van der Waals surface area contributed by atoms with Crippen molar-refractivity contribution in [3.63, 3.8) is 0 Å². The van der Waals surface area contributed by atoms with Gasteiger partial charge in [0.25, 0.3) is 0 Å². The number of ketones is 1. The Morgan fingerprint density at radius 3 is 2.50 bits per heavy atom. The third-order valence-electron chi connectivity index (χ3n) is 2.40. The van der Waals surface area contributed by atoms with Crippen LogP contribution in [0.3, 0.4) is 0 Å². The monoisotopic (exact) mass is 249 g/mol. The van der Waals surface area contributed by atoms with Crippen molar-refractivity contribution in [2.75, 3.05) is 32.5 Å². The summed E-state index contributed by atoms with van der Waals surface area (Å²) in [7, 11) is 3.87. The van der Waals surface area contributed by atoms with Gasteiger partial charge in [-0.25, -0.2) is 4.79 Å². The summed E-state index contributed by atoms with van der Waals surface area (Å²) in [5, 5.41) is 5.40. The lowest BCUT2D eigenvalue weighted by atomic mass is 10.1. The molecule has 0 saturated heterocycles. The van der Waals surface area contributed by atoms with Crippen LogP contribution in [0.1, 0.15) is 17.3 Å².